The van der Waals surface area contributed by atoms with Gasteiger partial charge in [0.2, 0.25) is 0 Å². The second kappa shape index (κ2) is 5.72. The minimum Gasteiger partial charge on any atom is -0.501 e. The number of hydrogen-bond acceptors (Lipinski definition) is 1. The van der Waals surface area contributed by atoms with Gasteiger partial charge in [-0.2, -0.15) is 0 Å². The largest absolute Gasteiger partial charge is 0.501 e. The number of benzene rings is 1. The lowest BCUT2D eigenvalue weighted by molar-refractivity contribution is 0.296. The van der Waals surface area contributed by atoms with E-state index >= 15 is 0 Å². The van der Waals surface area contributed by atoms with Gasteiger partial charge in [-0.3, -0.25) is 0 Å². The van der Waals surface area contributed by atoms with Crippen LogP contribution in [0.3, 0.4) is 0 Å². The molecule has 0 aliphatic carbocycles. The molecular formula is C16H22O. The molecule has 0 radical (unpaired) electrons. The average molecular weight is 230 g/mol. The van der Waals surface area contributed by atoms with Crippen molar-refractivity contribution >= 4 is 5.57 Å². The molecule has 1 nitrogen and oxygen atoms in total. The molecule has 0 aliphatic rings. The number of methoxy groups -OCH3 is 1. The summed E-state index contributed by atoms with van der Waals surface area (Å²) in [5.74, 6) is 0.932. The Bertz CT molecular complexity index is 432. The minimum absolute atomic E-state index is 0.932. The third-order valence-electron chi connectivity index (χ3n) is 2.95. The normalized spacial score (nSPS) is 12.1. The van der Waals surface area contributed by atoms with Crippen LogP contribution in [0.15, 0.2) is 36.1 Å². The van der Waals surface area contributed by atoms with Crippen LogP contribution in [0.5, 0.6) is 0 Å². The molecule has 0 bridgehead atoms. The van der Waals surface area contributed by atoms with E-state index in [1.807, 2.05) is 6.92 Å². The van der Waals surface area contributed by atoms with Crippen LogP contribution in [-0.4, -0.2) is 7.11 Å². The number of rotatable bonds is 4. The Hall–Kier alpha value is -1.50. The van der Waals surface area contributed by atoms with Gasteiger partial charge in [-0.25, -0.2) is 0 Å². The van der Waals surface area contributed by atoms with Crippen molar-refractivity contribution in [2.24, 2.45) is 0 Å². The predicted octanol–water partition coefficient (Wildman–Crippen LogP) is 4.65. The molecular weight excluding hydrogens is 208 g/mol. The summed E-state index contributed by atoms with van der Waals surface area (Å²) in [4.78, 5) is 0. The van der Waals surface area contributed by atoms with Gasteiger partial charge >= 0.3 is 0 Å². The molecule has 0 unspecified atom stereocenters. The van der Waals surface area contributed by atoms with E-state index in [0.29, 0.717) is 0 Å². The molecule has 17 heavy (non-hydrogen) atoms. The van der Waals surface area contributed by atoms with Gasteiger partial charge < -0.3 is 4.74 Å². The second-order valence-electron chi connectivity index (χ2n) is 4.47. The summed E-state index contributed by atoms with van der Waals surface area (Å²) in [6, 6.07) is 6.55. The molecule has 1 aromatic rings. The third kappa shape index (κ3) is 3.23. The zero-order valence-corrected chi connectivity index (χ0v) is 11.6. The molecule has 0 spiro atoms. The van der Waals surface area contributed by atoms with Crippen LogP contribution in [-0.2, 0) is 4.74 Å². The summed E-state index contributed by atoms with van der Waals surface area (Å²) >= 11 is 0. The fourth-order valence-corrected chi connectivity index (χ4v) is 2.05. The van der Waals surface area contributed by atoms with Crippen LogP contribution in [0.2, 0.25) is 0 Å². The van der Waals surface area contributed by atoms with Crippen LogP contribution in [0, 0.1) is 13.8 Å². The molecule has 0 aliphatic heterocycles. The Kier molecular flexibility index (Phi) is 4.56. The fourth-order valence-electron chi connectivity index (χ4n) is 2.05. The number of allylic oxidation sites excluding steroid dienone is 3. The Morgan fingerprint density at radius 2 is 1.71 bits per heavy atom. The molecule has 0 amide bonds. The Labute approximate surface area is 105 Å². The van der Waals surface area contributed by atoms with E-state index in [2.05, 4.69) is 45.5 Å². The van der Waals surface area contributed by atoms with Crippen LogP contribution in [0.1, 0.15) is 37.0 Å². The molecule has 1 heteroatoms. The summed E-state index contributed by atoms with van der Waals surface area (Å²) in [6.07, 6.45) is 0.934. The Balaban J connectivity index is 3.38. The lowest BCUT2D eigenvalue weighted by atomic mass is 9.93. The van der Waals surface area contributed by atoms with Crippen LogP contribution >= 0.6 is 0 Å². The van der Waals surface area contributed by atoms with E-state index in [1.54, 1.807) is 7.11 Å². The first-order valence-electron chi connectivity index (χ1n) is 6.01. The highest BCUT2D eigenvalue weighted by molar-refractivity contribution is 5.80. The molecule has 0 N–H and O–H groups in total. The van der Waals surface area contributed by atoms with E-state index in [-0.39, 0.29) is 0 Å². The van der Waals surface area contributed by atoms with E-state index in [1.165, 1.54) is 16.7 Å². The zero-order chi connectivity index (χ0) is 13.0. The van der Waals surface area contributed by atoms with Crippen LogP contribution in [0.4, 0.5) is 0 Å². The first kappa shape index (κ1) is 13.6. The van der Waals surface area contributed by atoms with E-state index in [0.717, 1.165) is 23.3 Å². The molecule has 92 valence electrons. The SMILES string of the molecule is C=C(CC)/C(=C(\C)OC)c1cc(C)cc(C)c1. The monoisotopic (exact) mass is 230 g/mol. The van der Waals surface area contributed by atoms with E-state index in [4.69, 9.17) is 4.74 Å². The lowest BCUT2D eigenvalue weighted by Crippen LogP contribution is -1.96. The smallest absolute Gasteiger partial charge is 0.100 e. The van der Waals surface area contributed by atoms with Gasteiger partial charge in [0.1, 0.15) is 5.76 Å². The van der Waals surface area contributed by atoms with Crippen molar-refractivity contribution in [1.29, 1.82) is 0 Å². The van der Waals surface area contributed by atoms with Gasteiger partial charge in [0.15, 0.2) is 0 Å². The van der Waals surface area contributed by atoms with Crippen LogP contribution in [0.25, 0.3) is 5.57 Å². The van der Waals surface area contributed by atoms with Gasteiger partial charge in [-0.05, 0) is 38.3 Å². The molecule has 1 rings (SSSR count). The maximum Gasteiger partial charge on any atom is 0.100 e. The first-order valence-corrected chi connectivity index (χ1v) is 6.01. The van der Waals surface area contributed by atoms with Gasteiger partial charge in [0.05, 0.1) is 7.11 Å². The van der Waals surface area contributed by atoms with E-state index < -0.39 is 0 Å². The topological polar surface area (TPSA) is 9.23 Å². The van der Waals surface area contributed by atoms with Crippen molar-refractivity contribution in [3.8, 4) is 0 Å². The second-order valence-corrected chi connectivity index (χ2v) is 4.47. The molecule has 0 fully saturated rings. The summed E-state index contributed by atoms with van der Waals surface area (Å²) in [5.41, 5.74) is 6.00. The summed E-state index contributed by atoms with van der Waals surface area (Å²) in [5, 5.41) is 0. The predicted molar refractivity (Wildman–Crippen MR) is 75.0 cm³/mol. The average Bonchev–Trinajstić information content (AvgIpc) is 2.27. The van der Waals surface area contributed by atoms with Crippen molar-refractivity contribution in [1.82, 2.24) is 0 Å². The highest BCUT2D eigenvalue weighted by Gasteiger charge is 2.10. The fraction of sp³-hybridized carbons (Fsp3) is 0.375. The lowest BCUT2D eigenvalue weighted by Gasteiger charge is -2.15. The van der Waals surface area contributed by atoms with Gasteiger partial charge in [-0.15, -0.1) is 0 Å². The van der Waals surface area contributed by atoms with Gasteiger partial charge in [0, 0.05) is 5.57 Å². The highest BCUT2D eigenvalue weighted by Crippen LogP contribution is 2.29. The number of ether oxygens (including phenoxy) is 1. The van der Waals surface area contributed by atoms with Crippen molar-refractivity contribution in [2.45, 2.75) is 34.1 Å². The molecule has 0 saturated carbocycles. The van der Waals surface area contributed by atoms with Crippen molar-refractivity contribution in [3.63, 3.8) is 0 Å². The summed E-state index contributed by atoms with van der Waals surface area (Å²) in [6.45, 7) is 12.5. The standard InChI is InChI=1S/C16H22O/c1-7-13(4)16(14(5)17-6)15-9-11(2)8-12(3)10-15/h8-10H,4,7H2,1-3,5-6H3/b16-14-. The van der Waals surface area contributed by atoms with Crippen molar-refractivity contribution in [3.05, 3.63) is 52.8 Å². The van der Waals surface area contributed by atoms with Gasteiger partial charge in [-0.1, -0.05) is 42.8 Å². The minimum atomic E-state index is 0.932. The molecule has 0 aromatic heterocycles. The maximum atomic E-state index is 5.39. The van der Waals surface area contributed by atoms with Crippen molar-refractivity contribution in [2.75, 3.05) is 7.11 Å². The quantitative estimate of drug-likeness (QED) is 0.540. The molecule has 0 heterocycles. The summed E-state index contributed by atoms with van der Waals surface area (Å²) < 4.78 is 5.39. The van der Waals surface area contributed by atoms with Gasteiger partial charge in [0.25, 0.3) is 0 Å². The van der Waals surface area contributed by atoms with Crippen LogP contribution < -0.4 is 0 Å². The summed E-state index contributed by atoms with van der Waals surface area (Å²) in [7, 11) is 1.71. The Morgan fingerprint density at radius 1 is 1.18 bits per heavy atom. The molecule has 1 aromatic carbocycles. The van der Waals surface area contributed by atoms with Crippen molar-refractivity contribution < 1.29 is 4.74 Å². The number of aryl methyl sites for hydroxylation is 2. The molecule has 0 saturated heterocycles. The Morgan fingerprint density at radius 3 is 2.12 bits per heavy atom. The highest BCUT2D eigenvalue weighted by atomic mass is 16.5. The first-order chi connectivity index (χ1) is 7.99. The maximum absolute atomic E-state index is 5.39. The van der Waals surface area contributed by atoms with E-state index in [9.17, 15) is 0 Å². The number of hydrogen-bond donors (Lipinski definition) is 0. The third-order valence-corrected chi connectivity index (χ3v) is 2.95. The zero-order valence-electron chi connectivity index (χ0n) is 11.6. The molecule has 0 atom stereocenters.